The second-order valence-electron chi connectivity index (χ2n) is 23.4. The summed E-state index contributed by atoms with van der Waals surface area (Å²) in [4.78, 5) is 27.8. The molecular formula is C60H78IO4P. The molecule has 9 rings (SSSR count). The topological polar surface area (TPSA) is 52.6 Å². The Morgan fingerprint density at radius 3 is 1.77 bits per heavy atom. The molecule has 5 fully saturated rings. The highest BCUT2D eigenvalue weighted by atomic mass is 127. The van der Waals surface area contributed by atoms with Crippen molar-refractivity contribution in [3.8, 4) is 0 Å². The van der Waals surface area contributed by atoms with Crippen LogP contribution in [0, 0.1) is 68.5 Å². The summed E-state index contributed by atoms with van der Waals surface area (Å²) in [5.74, 6) is 3.17. The van der Waals surface area contributed by atoms with Crippen LogP contribution in [0.5, 0.6) is 0 Å². The van der Waals surface area contributed by atoms with Crippen LogP contribution in [0.1, 0.15) is 132 Å². The molecule has 11 atom stereocenters. The van der Waals surface area contributed by atoms with Gasteiger partial charge in [0.1, 0.15) is 35.9 Å². The van der Waals surface area contributed by atoms with Crippen molar-refractivity contribution in [1.82, 2.24) is 0 Å². The normalized spacial score (nSPS) is 34.4. The van der Waals surface area contributed by atoms with Crippen LogP contribution < -0.4 is 39.9 Å². The van der Waals surface area contributed by atoms with Gasteiger partial charge in [-0.15, -0.1) is 0 Å². The zero-order chi connectivity index (χ0) is 45.8. The third-order valence-electron chi connectivity index (χ3n) is 19.9. The smallest absolute Gasteiger partial charge is 0.312 e. The van der Waals surface area contributed by atoms with Crippen molar-refractivity contribution >= 4 is 35.1 Å². The summed E-state index contributed by atoms with van der Waals surface area (Å²) in [6.07, 6.45) is 13.1. The Morgan fingerprint density at radius 2 is 1.23 bits per heavy atom. The highest BCUT2D eigenvalue weighted by molar-refractivity contribution is 7.95. The van der Waals surface area contributed by atoms with Crippen molar-refractivity contribution in [1.29, 1.82) is 0 Å². The number of carbonyl (C=O) groups excluding carboxylic acids is 2. The van der Waals surface area contributed by atoms with Gasteiger partial charge in [0.05, 0.1) is 11.6 Å². The Labute approximate surface area is 415 Å². The van der Waals surface area contributed by atoms with Crippen LogP contribution in [0.25, 0.3) is 0 Å². The molecular weight excluding hydrogens is 943 g/mol. The summed E-state index contributed by atoms with van der Waals surface area (Å²) in [6.45, 7) is 19.8. The van der Waals surface area contributed by atoms with Gasteiger partial charge >= 0.3 is 11.9 Å². The third kappa shape index (κ3) is 8.06. The van der Waals surface area contributed by atoms with Gasteiger partial charge in [0, 0.05) is 12.3 Å². The third-order valence-corrected chi connectivity index (χ3v) is 24.5. The molecule has 354 valence electrons. The lowest BCUT2D eigenvalue weighted by atomic mass is 9.31. The van der Waals surface area contributed by atoms with E-state index in [2.05, 4.69) is 152 Å². The first-order chi connectivity index (χ1) is 31.1. The Balaban J connectivity index is 0.00000592. The van der Waals surface area contributed by atoms with E-state index in [1.807, 2.05) is 18.2 Å². The van der Waals surface area contributed by atoms with E-state index in [0.29, 0.717) is 42.1 Å². The summed E-state index contributed by atoms with van der Waals surface area (Å²) >= 11 is 0. The Kier molecular flexibility index (Phi) is 14.3. The fourth-order valence-electron chi connectivity index (χ4n) is 17.1. The van der Waals surface area contributed by atoms with Gasteiger partial charge < -0.3 is 33.5 Å². The molecule has 0 aromatic heterocycles. The van der Waals surface area contributed by atoms with Crippen LogP contribution in [-0.2, 0) is 25.7 Å². The number of ether oxygens (including phenoxy) is 2. The number of esters is 2. The minimum atomic E-state index is -2.00. The number of halogens is 1. The maximum absolute atomic E-state index is 14.7. The van der Waals surface area contributed by atoms with E-state index in [1.165, 1.54) is 35.2 Å². The molecule has 0 radical (unpaired) electrons. The standard InChI is InChI=1S/C60H78O4P.HI/c1-42(2)49-33-36-60(55(62)63-41-44-22-13-9-14-23-44)38-37-58(7)50(53(49)60)31-32-52-57(6)40-45(54(64-43(3)61)56(4,5)51(57)34-35-59(52,58)8)24-21-39-65(46-25-15-10-16-26-46,47-27-17-11-18-28-47)48-29-19-12-20-30-48;/h9-20,22-23,25-30,42,45,49-54H,21,24,31-41H2,1-8H3;1H/q+1;/p-1/t45?,49-,50+,51-,52+,53+,54-,57-,58+,59+,60-;/m0./s1. The first-order valence-corrected chi connectivity index (χ1v) is 27.5. The van der Waals surface area contributed by atoms with Crippen molar-refractivity contribution in [2.75, 3.05) is 6.16 Å². The van der Waals surface area contributed by atoms with Crippen molar-refractivity contribution in [3.05, 3.63) is 127 Å². The molecule has 6 heteroatoms. The van der Waals surface area contributed by atoms with Gasteiger partial charge in [-0.2, -0.15) is 0 Å². The first kappa shape index (κ1) is 49.4. The van der Waals surface area contributed by atoms with Gasteiger partial charge in [0.2, 0.25) is 0 Å². The predicted molar refractivity (Wildman–Crippen MR) is 269 cm³/mol. The summed E-state index contributed by atoms with van der Waals surface area (Å²) in [7, 11) is -2.00. The average molecular weight is 1020 g/mol. The van der Waals surface area contributed by atoms with E-state index in [4.69, 9.17) is 9.47 Å². The number of hydrogen-bond acceptors (Lipinski definition) is 4. The quantitative estimate of drug-likeness (QED) is 0.0806. The van der Waals surface area contributed by atoms with E-state index < -0.39 is 7.26 Å². The molecule has 0 spiro atoms. The molecule has 4 aromatic rings. The van der Waals surface area contributed by atoms with Gasteiger partial charge in [0.15, 0.2) is 0 Å². The fraction of sp³-hybridized carbons (Fsp3) is 0.567. The maximum Gasteiger partial charge on any atom is 0.312 e. The Morgan fingerprint density at radius 1 is 0.667 bits per heavy atom. The molecule has 0 aliphatic heterocycles. The van der Waals surface area contributed by atoms with Crippen LogP contribution in [0.4, 0.5) is 0 Å². The molecule has 4 aromatic carbocycles. The molecule has 5 aliphatic rings. The average Bonchev–Trinajstić information content (AvgIpc) is 3.71. The van der Waals surface area contributed by atoms with Crippen LogP contribution in [0.2, 0.25) is 0 Å². The molecule has 0 bridgehead atoms. The number of fused-ring (bicyclic) bond motifs is 7. The second-order valence-corrected chi connectivity index (χ2v) is 27.0. The van der Waals surface area contributed by atoms with Crippen molar-refractivity contribution < 1.29 is 43.0 Å². The molecule has 4 nitrogen and oxygen atoms in total. The van der Waals surface area contributed by atoms with Crippen LogP contribution in [0.3, 0.4) is 0 Å². The summed E-state index contributed by atoms with van der Waals surface area (Å²) < 4.78 is 13.0. The number of benzene rings is 4. The summed E-state index contributed by atoms with van der Waals surface area (Å²) in [5, 5.41) is 4.29. The monoisotopic (exact) mass is 1020 g/mol. The van der Waals surface area contributed by atoms with Gasteiger partial charge in [-0.3, -0.25) is 9.59 Å². The van der Waals surface area contributed by atoms with Crippen LogP contribution in [-0.4, -0.2) is 24.2 Å². The van der Waals surface area contributed by atoms with E-state index in [9.17, 15) is 9.59 Å². The minimum absolute atomic E-state index is 0. The lowest BCUT2D eigenvalue weighted by Crippen LogP contribution is -3.00. The lowest BCUT2D eigenvalue weighted by Gasteiger charge is -2.73. The molecule has 0 heterocycles. The Hall–Kier alpha value is -3.02. The van der Waals surface area contributed by atoms with E-state index >= 15 is 0 Å². The predicted octanol–water partition coefficient (Wildman–Crippen LogP) is 10.4. The zero-order valence-corrected chi connectivity index (χ0v) is 44.4. The van der Waals surface area contributed by atoms with E-state index in [-0.39, 0.29) is 75.0 Å². The maximum atomic E-state index is 14.7. The largest absolute Gasteiger partial charge is 1.00 e. The minimum Gasteiger partial charge on any atom is -1.00 e. The molecule has 5 aliphatic carbocycles. The van der Waals surface area contributed by atoms with E-state index in [0.717, 1.165) is 63.1 Å². The second kappa shape index (κ2) is 19.1. The molecule has 0 saturated heterocycles. The molecule has 0 N–H and O–H groups in total. The number of carbonyl (C=O) groups is 2. The van der Waals surface area contributed by atoms with Crippen LogP contribution in [0.15, 0.2) is 121 Å². The fourth-order valence-corrected chi connectivity index (χ4v) is 21.5. The molecule has 66 heavy (non-hydrogen) atoms. The van der Waals surface area contributed by atoms with Gasteiger partial charge in [-0.25, -0.2) is 0 Å². The Bertz CT molecular complexity index is 2190. The molecule has 5 saturated carbocycles. The summed E-state index contributed by atoms with van der Waals surface area (Å²) in [5.41, 5.74) is 0.907. The highest BCUT2D eigenvalue weighted by Gasteiger charge is 2.73. The van der Waals surface area contributed by atoms with Gasteiger partial charge in [-0.05, 0) is 170 Å². The van der Waals surface area contributed by atoms with Crippen molar-refractivity contribution in [2.24, 2.45) is 68.5 Å². The number of rotatable bonds is 12. The van der Waals surface area contributed by atoms with Crippen LogP contribution >= 0.6 is 7.26 Å². The van der Waals surface area contributed by atoms with Gasteiger partial charge in [-0.1, -0.05) is 133 Å². The SMILES string of the molecule is CC(=O)O[C@H]1C(CCC[P+](c2ccccc2)(c2ccccc2)c2ccccc2)C[C@]2(C)[C@H]3CC[C@@H]4[C@H]5[C@H](C(C)C)CC[C@]5(C(=O)OCc5ccccc5)CC[C@@]4(C)[C@]3(C)CC[C@H]2C1(C)C.[I-]. The van der Waals surface area contributed by atoms with Gasteiger partial charge in [0.25, 0.3) is 0 Å². The number of hydrogen-bond donors (Lipinski definition) is 0. The van der Waals surface area contributed by atoms with Crippen molar-refractivity contribution in [3.63, 3.8) is 0 Å². The van der Waals surface area contributed by atoms with Crippen molar-refractivity contribution in [2.45, 2.75) is 139 Å². The lowest BCUT2D eigenvalue weighted by molar-refractivity contribution is -0.261. The molecule has 0 amide bonds. The molecule has 1 unspecified atom stereocenters. The summed E-state index contributed by atoms with van der Waals surface area (Å²) in [6, 6.07) is 44.2. The first-order valence-electron chi connectivity index (χ1n) is 25.6. The zero-order valence-electron chi connectivity index (χ0n) is 41.3. The van der Waals surface area contributed by atoms with E-state index in [1.54, 1.807) is 6.92 Å². The highest BCUT2D eigenvalue weighted by Crippen LogP contribution is 2.78.